The van der Waals surface area contributed by atoms with Crippen LogP contribution in [0.2, 0.25) is 0 Å². The summed E-state index contributed by atoms with van der Waals surface area (Å²) in [5.74, 6) is 0.916. The molecule has 1 aliphatic rings. The highest BCUT2D eigenvalue weighted by Crippen LogP contribution is 2.37. The first-order valence-corrected chi connectivity index (χ1v) is 10.6. The summed E-state index contributed by atoms with van der Waals surface area (Å²) in [6.45, 7) is 2.11. The number of oxime groups is 1. The molecule has 0 spiro atoms. The Morgan fingerprint density at radius 2 is 1.87 bits per heavy atom. The second kappa shape index (κ2) is 8.23. The minimum atomic E-state index is 0.267. The first kappa shape index (κ1) is 19.3. The van der Waals surface area contributed by atoms with Crippen molar-refractivity contribution in [3.8, 4) is 11.1 Å². The van der Waals surface area contributed by atoms with E-state index >= 15 is 0 Å². The number of rotatable bonds is 5. The summed E-state index contributed by atoms with van der Waals surface area (Å²) in [5, 5.41) is 8.78. The molecule has 5 rings (SSSR count). The normalized spacial score (nSPS) is 15.4. The van der Waals surface area contributed by atoms with E-state index in [-0.39, 0.29) is 6.04 Å². The van der Waals surface area contributed by atoms with Crippen LogP contribution in [-0.2, 0) is 11.3 Å². The number of nitrogens with zero attached hydrogens (tertiary/aromatic N) is 2. The van der Waals surface area contributed by atoms with E-state index in [1.807, 2.05) is 18.2 Å². The summed E-state index contributed by atoms with van der Waals surface area (Å²) in [6, 6.07) is 25.9. The molecule has 3 aromatic carbocycles. The van der Waals surface area contributed by atoms with Gasteiger partial charge in [0.2, 0.25) is 0 Å². The zero-order valence-electron chi connectivity index (χ0n) is 17.8. The van der Waals surface area contributed by atoms with Crippen molar-refractivity contribution in [2.45, 2.75) is 25.8 Å². The molecule has 0 fully saturated rings. The number of pyridine rings is 1. The molecule has 31 heavy (non-hydrogen) atoms. The van der Waals surface area contributed by atoms with Crippen molar-refractivity contribution in [2.24, 2.45) is 5.16 Å². The van der Waals surface area contributed by atoms with Crippen molar-refractivity contribution in [3.05, 3.63) is 95.1 Å². The Bertz CT molecular complexity index is 1260. The van der Waals surface area contributed by atoms with Gasteiger partial charge in [-0.1, -0.05) is 71.4 Å². The molecular formula is C27H25N3O. The number of nitrogens with one attached hydrogen (secondary N) is 1. The molecule has 0 radical (unpaired) electrons. The van der Waals surface area contributed by atoms with Gasteiger partial charge in [0.05, 0.1) is 17.8 Å². The lowest BCUT2D eigenvalue weighted by Gasteiger charge is -2.19. The number of aryl methyl sites for hydroxylation is 2. The Labute approximate surface area is 182 Å². The molecule has 1 atom stereocenters. The molecule has 4 nitrogen and oxygen atoms in total. The van der Waals surface area contributed by atoms with E-state index in [1.165, 1.54) is 16.7 Å². The van der Waals surface area contributed by atoms with Gasteiger partial charge in [0, 0.05) is 16.5 Å². The molecular weight excluding hydrogens is 382 g/mol. The maximum Gasteiger partial charge on any atom is 0.135 e. The van der Waals surface area contributed by atoms with E-state index in [1.54, 1.807) is 13.3 Å². The first-order chi connectivity index (χ1) is 15.2. The smallest absolute Gasteiger partial charge is 0.135 e. The van der Waals surface area contributed by atoms with Crippen LogP contribution in [0.15, 0.2) is 78.0 Å². The standard InChI is InChI=1S/C27H25N3O/c1-18-10-12-20(13-11-18)24-16-23-21(17-28-31-2)7-5-9-25(23)29-27(24)30-26-15-14-19-6-3-4-8-22(19)26/h3-13,16-17,26H,14-15H2,1-2H3,(H,29,30)/t26-/m1/s1. The average Bonchev–Trinajstić information content (AvgIpc) is 3.21. The minimum Gasteiger partial charge on any atom is -0.399 e. The largest absolute Gasteiger partial charge is 0.399 e. The summed E-state index contributed by atoms with van der Waals surface area (Å²) in [6.07, 6.45) is 3.91. The fourth-order valence-electron chi connectivity index (χ4n) is 4.38. The zero-order chi connectivity index (χ0) is 21.2. The van der Waals surface area contributed by atoms with Crippen LogP contribution in [0, 0.1) is 6.92 Å². The Kier molecular flexibility index (Phi) is 5.13. The van der Waals surface area contributed by atoms with E-state index in [9.17, 15) is 0 Å². The van der Waals surface area contributed by atoms with Crippen LogP contribution < -0.4 is 5.32 Å². The predicted octanol–water partition coefficient (Wildman–Crippen LogP) is 6.29. The Morgan fingerprint density at radius 3 is 2.71 bits per heavy atom. The van der Waals surface area contributed by atoms with E-state index < -0.39 is 0 Å². The van der Waals surface area contributed by atoms with E-state index in [2.05, 4.69) is 72.0 Å². The maximum absolute atomic E-state index is 5.07. The van der Waals surface area contributed by atoms with Crippen LogP contribution in [0.5, 0.6) is 0 Å². The van der Waals surface area contributed by atoms with Crippen LogP contribution in [0.4, 0.5) is 5.82 Å². The molecule has 0 bridgehead atoms. The Balaban J connectivity index is 1.65. The van der Waals surface area contributed by atoms with Crippen molar-refractivity contribution >= 4 is 22.9 Å². The van der Waals surface area contributed by atoms with Gasteiger partial charge in [0.15, 0.2) is 0 Å². The monoisotopic (exact) mass is 407 g/mol. The maximum atomic E-state index is 5.07. The lowest BCUT2D eigenvalue weighted by molar-refractivity contribution is 0.215. The van der Waals surface area contributed by atoms with Gasteiger partial charge in [-0.05, 0) is 48.6 Å². The molecule has 1 N–H and O–H groups in total. The summed E-state index contributed by atoms with van der Waals surface area (Å²) in [5.41, 5.74) is 8.20. The van der Waals surface area contributed by atoms with Gasteiger partial charge >= 0.3 is 0 Å². The minimum absolute atomic E-state index is 0.267. The highest BCUT2D eigenvalue weighted by Gasteiger charge is 2.23. The summed E-state index contributed by atoms with van der Waals surface area (Å²) in [7, 11) is 1.55. The Morgan fingerprint density at radius 1 is 1.03 bits per heavy atom. The van der Waals surface area contributed by atoms with Crippen molar-refractivity contribution in [2.75, 3.05) is 12.4 Å². The summed E-state index contributed by atoms with van der Waals surface area (Å²) < 4.78 is 0. The topological polar surface area (TPSA) is 46.5 Å². The molecule has 1 aromatic heterocycles. The van der Waals surface area contributed by atoms with Gasteiger partial charge in [-0.15, -0.1) is 0 Å². The fourth-order valence-corrected chi connectivity index (χ4v) is 4.38. The second-order valence-electron chi connectivity index (χ2n) is 8.02. The van der Waals surface area contributed by atoms with Crippen molar-refractivity contribution in [3.63, 3.8) is 0 Å². The molecule has 0 unspecified atom stereocenters. The number of hydrogen-bond donors (Lipinski definition) is 1. The van der Waals surface area contributed by atoms with Crippen LogP contribution in [0.25, 0.3) is 22.0 Å². The third-order valence-corrected chi connectivity index (χ3v) is 6.00. The molecule has 1 heterocycles. The van der Waals surface area contributed by atoms with E-state index in [4.69, 9.17) is 9.82 Å². The third-order valence-electron chi connectivity index (χ3n) is 6.00. The zero-order valence-corrected chi connectivity index (χ0v) is 17.8. The number of hydrogen-bond acceptors (Lipinski definition) is 4. The summed E-state index contributed by atoms with van der Waals surface area (Å²) >= 11 is 0. The lowest BCUT2D eigenvalue weighted by atomic mass is 10.00. The molecule has 0 aliphatic heterocycles. The van der Waals surface area contributed by atoms with Gasteiger partial charge in [-0.2, -0.15) is 0 Å². The molecule has 0 saturated carbocycles. The number of anilines is 1. The quantitative estimate of drug-likeness (QED) is 0.312. The molecule has 4 heteroatoms. The molecule has 154 valence electrons. The van der Waals surface area contributed by atoms with Gasteiger partial charge in [-0.25, -0.2) is 4.98 Å². The van der Waals surface area contributed by atoms with Crippen LogP contribution >= 0.6 is 0 Å². The average molecular weight is 408 g/mol. The predicted molar refractivity (Wildman–Crippen MR) is 128 cm³/mol. The van der Waals surface area contributed by atoms with Crippen molar-refractivity contribution in [1.82, 2.24) is 4.98 Å². The van der Waals surface area contributed by atoms with Crippen molar-refractivity contribution < 1.29 is 4.84 Å². The van der Waals surface area contributed by atoms with Gasteiger partial charge in [0.1, 0.15) is 12.9 Å². The highest BCUT2D eigenvalue weighted by molar-refractivity contribution is 6.01. The van der Waals surface area contributed by atoms with E-state index in [0.29, 0.717) is 0 Å². The number of aromatic nitrogens is 1. The Hall–Kier alpha value is -3.66. The third kappa shape index (κ3) is 3.77. The fraction of sp³-hybridized carbons (Fsp3) is 0.185. The summed E-state index contributed by atoms with van der Waals surface area (Å²) in [4.78, 5) is 9.97. The molecule has 1 aliphatic carbocycles. The highest BCUT2D eigenvalue weighted by atomic mass is 16.6. The molecule has 0 amide bonds. The number of fused-ring (bicyclic) bond motifs is 2. The second-order valence-corrected chi connectivity index (χ2v) is 8.02. The number of benzene rings is 3. The lowest BCUT2D eigenvalue weighted by Crippen LogP contribution is -2.10. The van der Waals surface area contributed by atoms with Crippen LogP contribution in [0.3, 0.4) is 0 Å². The van der Waals surface area contributed by atoms with Gasteiger partial charge in [0.25, 0.3) is 0 Å². The SMILES string of the molecule is CON=Cc1cccc2nc(N[C@@H]3CCc4ccccc43)c(-c3ccc(C)cc3)cc12. The molecule has 0 saturated heterocycles. The van der Waals surface area contributed by atoms with E-state index in [0.717, 1.165) is 46.3 Å². The molecule has 4 aromatic rings. The van der Waals surface area contributed by atoms with Crippen LogP contribution in [-0.4, -0.2) is 18.3 Å². The first-order valence-electron chi connectivity index (χ1n) is 10.6. The van der Waals surface area contributed by atoms with Gasteiger partial charge in [-0.3, -0.25) is 0 Å². The van der Waals surface area contributed by atoms with Crippen molar-refractivity contribution in [1.29, 1.82) is 0 Å². The van der Waals surface area contributed by atoms with Gasteiger partial charge < -0.3 is 10.2 Å². The van der Waals surface area contributed by atoms with Crippen LogP contribution in [0.1, 0.15) is 34.7 Å².